The summed E-state index contributed by atoms with van der Waals surface area (Å²) in [5.74, 6) is 2.16. The molecule has 3 aromatic rings. The number of nitrogens with one attached hydrogen (secondary N) is 1. The summed E-state index contributed by atoms with van der Waals surface area (Å²) in [7, 11) is 5.21. The predicted molar refractivity (Wildman–Crippen MR) is 127 cm³/mol. The number of methoxy groups -OCH3 is 2. The second kappa shape index (κ2) is 9.24. The van der Waals surface area contributed by atoms with Gasteiger partial charge in [-0.25, -0.2) is 15.0 Å². The minimum Gasteiger partial charge on any atom is -0.495 e. The van der Waals surface area contributed by atoms with Gasteiger partial charge in [0.15, 0.2) is 11.0 Å². The average molecular weight is 480 g/mol. The summed E-state index contributed by atoms with van der Waals surface area (Å²) in [4.78, 5) is 16.2. The zero-order valence-electron chi connectivity index (χ0n) is 17.7. The van der Waals surface area contributed by atoms with Crippen LogP contribution in [-0.4, -0.2) is 67.0 Å². The lowest BCUT2D eigenvalue weighted by Gasteiger charge is -2.36. The Morgan fingerprint density at radius 1 is 1.13 bits per heavy atom. The number of benzene rings is 1. The van der Waals surface area contributed by atoms with Crippen LogP contribution in [0.2, 0.25) is 10.0 Å². The fourth-order valence-electron chi connectivity index (χ4n) is 3.68. The number of anilines is 1. The fraction of sp³-hybridized carbons (Fsp3) is 0.381. The highest BCUT2D eigenvalue weighted by atomic mass is 35.5. The van der Waals surface area contributed by atoms with Crippen molar-refractivity contribution in [1.82, 2.24) is 19.9 Å². The van der Waals surface area contributed by atoms with Gasteiger partial charge in [0.25, 0.3) is 0 Å². The predicted octanol–water partition coefficient (Wildman–Crippen LogP) is 4.71. The molecule has 1 aliphatic rings. The molecule has 1 N–H and O–H groups in total. The lowest BCUT2D eigenvalue weighted by Crippen LogP contribution is -2.46. The van der Waals surface area contributed by atoms with E-state index in [1.807, 2.05) is 12.3 Å². The molecule has 10 heteroatoms. The lowest BCUT2D eigenvalue weighted by atomic mass is 10.0. The van der Waals surface area contributed by atoms with Crippen molar-refractivity contribution in [2.24, 2.45) is 5.92 Å². The van der Waals surface area contributed by atoms with Gasteiger partial charge in [-0.05, 0) is 19.4 Å². The number of ether oxygens (including phenoxy) is 2. The van der Waals surface area contributed by atoms with E-state index in [0.29, 0.717) is 49.7 Å². The molecule has 1 aromatic carbocycles. The summed E-state index contributed by atoms with van der Waals surface area (Å²) in [5, 5.41) is 5.74. The number of halogens is 2. The zero-order chi connectivity index (χ0) is 22.1. The van der Waals surface area contributed by atoms with Gasteiger partial charge in [-0.3, -0.25) is 0 Å². The van der Waals surface area contributed by atoms with Crippen LogP contribution in [-0.2, 0) is 0 Å². The maximum Gasteiger partial charge on any atom is 0.187 e. The van der Waals surface area contributed by atoms with Crippen molar-refractivity contribution < 1.29 is 9.47 Å². The van der Waals surface area contributed by atoms with Gasteiger partial charge in [0.05, 0.1) is 30.0 Å². The van der Waals surface area contributed by atoms with E-state index >= 15 is 0 Å². The Kier molecular flexibility index (Phi) is 6.62. The number of hydrogen-bond acceptors (Lipinski definition) is 8. The first-order chi connectivity index (χ1) is 14.9. The Morgan fingerprint density at radius 2 is 1.81 bits per heavy atom. The van der Waals surface area contributed by atoms with Gasteiger partial charge >= 0.3 is 0 Å². The molecular formula is C21H23Cl2N5O2S. The van der Waals surface area contributed by atoms with Gasteiger partial charge in [-0.2, -0.15) is 0 Å². The molecule has 3 heterocycles. The van der Waals surface area contributed by atoms with E-state index in [1.54, 1.807) is 26.5 Å². The molecule has 0 spiro atoms. The molecule has 31 heavy (non-hydrogen) atoms. The number of aromatic nitrogens is 3. The Bertz CT molecular complexity index is 1100. The number of rotatable bonds is 7. The molecule has 0 aliphatic carbocycles. The summed E-state index contributed by atoms with van der Waals surface area (Å²) in [6.45, 7) is 2.91. The van der Waals surface area contributed by atoms with Gasteiger partial charge in [0.1, 0.15) is 17.0 Å². The Balaban J connectivity index is 1.85. The van der Waals surface area contributed by atoms with Crippen LogP contribution in [0.15, 0.2) is 23.5 Å². The molecular weight excluding hydrogens is 457 g/mol. The monoisotopic (exact) mass is 479 g/mol. The third-order valence-electron chi connectivity index (χ3n) is 5.25. The maximum absolute atomic E-state index is 6.64. The molecule has 1 saturated heterocycles. The number of fused-ring (bicyclic) bond motifs is 1. The van der Waals surface area contributed by atoms with E-state index in [0.717, 1.165) is 30.5 Å². The second-order valence-electron chi connectivity index (χ2n) is 7.40. The van der Waals surface area contributed by atoms with E-state index in [4.69, 9.17) is 37.7 Å². The van der Waals surface area contributed by atoms with Crippen LogP contribution in [0.3, 0.4) is 0 Å². The summed E-state index contributed by atoms with van der Waals surface area (Å²) < 4.78 is 10.8. The molecule has 0 bridgehead atoms. The molecule has 1 aliphatic heterocycles. The first-order valence-electron chi connectivity index (χ1n) is 9.69. The highest BCUT2D eigenvalue weighted by molar-refractivity contribution is 7.98. The molecule has 0 radical (unpaired) electrons. The summed E-state index contributed by atoms with van der Waals surface area (Å²) >= 11 is 14.8. The minimum absolute atomic E-state index is 0.369. The van der Waals surface area contributed by atoms with E-state index in [1.165, 1.54) is 11.8 Å². The van der Waals surface area contributed by atoms with Crippen LogP contribution < -0.4 is 14.8 Å². The first kappa shape index (κ1) is 22.2. The van der Waals surface area contributed by atoms with Crippen molar-refractivity contribution in [3.8, 4) is 22.8 Å². The Hall–Kier alpha value is -2.00. The van der Waals surface area contributed by atoms with Crippen LogP contribution in [0.5, 0.6) is 11.5 Å². The zero-order valence-corrected chi connectivity index (χ0v) is 20.0. The average Bonchev–Trinajstić information content (AvgIpc) is 2.75. The topological polar surface area (TPSA) is 72.4 Å². The van der Waals surface area contributed by atoms with Crippen molar-refractivity contribution in [3.05, 3.63) is 28.4 Å². The first-order valence-corrected chi connectivity index (χ1v) is 11.7. The van der Waals surface area contributed by atoms with Gasteiger partial charge in [-0.1, -0.05) is 35.0 Å². The Labute approximate surface area is 195 Å². The number of likely N-dealkylation sites (tertiary alicyclic amines) is 1. The second-order valence-corrected chi connectivity index (χ2v) is 8.93. The van der Waals surface area contributed by atoms with Crippen LogP contribution in [0, 0.1) is 5.92 Å². The summed E-state index contributed by atoms with van der Waals surface area (Å²) in [6.07, 6.45) is 3.74. The number of pyridine rings is 1. The van der Waals surface area contributed by atoms with Gasteiger partial charge in [0.2, 0.25) is 0 Å². The fourth-order valence-corrected chi connectivity index (χ4v) is 4.72. The van der Waals surface area contributed by atoms with E-state index in [-0.39, 0.29) is 0 Å². The molecule has 0 atom stereocenters. The molecule has 7 nitrogen and oxygen atoms in total. The van der Waals surface area contributed by atoms with Crippen LogP contribution in [0.1, 0.15) is 0 Å². The largest absolute Gasteiger partial charge is 0.495 e. The lowest BCUT2D eigenvalue weighted by molar-refractivity contribution is 0.144. The van der Waals surface area contributed by atoms with Gasteiger partial charge in [0, 0.05) is 48.8 Å². The number of thioether (sulfide) groups is 1. The van der Waals surface area contributed by atoms with Crippen molar-refractivity contribution in [2.75, 3.05) is 52.5 Å². The summed E-state index contributed by atoms with van der Waals surface area (Å²) in [5.41, 5.74) is 1.90. The van der Waals surface area contributed by atoms with Crippen molar-refractivity contribution >= 4 is 51.7 Å². The normalized spacial score (nSPS) is 14.5. The molecule has 4 rings (SSSR count). The smallest absolute Gasteiger partial charge is 0.187 e. The molecule has 1 fully saturated rings. The quantitative estimate of drug-likeness (QED) is 0.385. The van der Waals surface area contributed by atoms with Crippen LogP contribution in [0.25, 0.3) is 22.2 Å². The Morgan fingerprint density at radius 3 is 2.39 bits per heavy atom. The molecule has 0 unspecified atom stereocenters. The molecule has 2 aromatic heterocycles. The molecule has 0 saturated carbocycles. The molecule has 164 valence electrons. The minimum atomic E-state index is 0.369. The SMILES string of the molecule is COc1cc(OC)c(Cl)c(-c2cc3cnc(SC)nc3c(NCC3CN(C)C3)n2)c1Cl. The van der Waals surface area contributed by atoms with Gasteiger partial charge in [-0.15, -0.1) is 0 Å². The standard InChI is InChI=1S/C21H23Cl2N5O2S/c1-28-9-11(10-28)7-24-20-19-12(8-25-21(27-19)31-4)5-13(26-20)16-17(22)14(29-2)6-15(30-3)18(16)23/h5-6,8,11H,7,9-10H2,1-4H3,(H,24,26). The van der Waals surface area contributed by atoms with Crippen molar-refractivity contribution in [2.45, 2.75) is 5.16 Å². The van der Waals surface area contributed by atoms with E-state index < -0.39 is 0 Å². The van der Waals surface area contributed by atoms with Crippen molar-refractivity contribution in [3.63, 3.8) is 0 Å². The van der Waals surface area contributed by atoms with E-state index in [9.17, 15) is 0 Å². The number of nitrogens with zero attached hydrogens (tertiary/aromatic N) is 4. The highest BCUT2D eigenvalue weighted by Gasteiger charge is 2.24. The van der Waals surface area contributed by atoms with Crippen LogP contribution >= 0.6 is 35.0 Å². The molecule has 0 amide bonds. The highest BCUT2D eigenvalue weighted by Crippen LogP contribution is 2.46. The summed E-state index contributed by atoms with van der Waals surface area (Å²) in [6, 6.07) is 3.54. The van der Waals surface area contributed by atoms with Gasteiger partial charge < -0.3 is 19.7 Å². The number of hydrogen-bond donors (Lipinski definition) is 1. The third kappa shape index (κ3) is 4.35. The van der Waals surface area contributed by atoms with E-state index in [2.05, 4.69) is 27.2 Å². The third-order valence-corrected chi connectivity index (χ3v) is 6.57. The van der Waals surface area contributed by atoms with Crippen molar-refractivity contribution in [1.29, 1.82) is 0 Å². The van der Waals surface area contributed by atoms with Crippen LogP contribution in [0.4, 0.5) is 5.82 Å². The maximum atomic E-state index is 6.64.